The number of amides is 1. The zero-order valence-electron chi connectivity index (χ0n) is 22.1. The number of carboxylic acids is 1. The molecule has 1 amide bonds. The van der Waals surface area contributed by atoms with E-state index < -0.39 is 11.8 Å². The Morgan fingerprint density at radius 3 is 2.63 bits per heavy atom. The number of fused-ring (bicyclic) bond motifs is 1. The second kappa shape index (κ2) is 11.9. The Bertz CT molecular complexity index is 1570. The van der Waals surface area contributed by atoms with Gasteiger partial charge in [-0.3, -0.25) is 14.8 Å². The molecule has 0 spiro atoms. The minimum Gasteiger partial charge on any atom is -0.478 e. The van der Waals surface area contributed by atoms with Gasteiger partial charge < -0.3 is 30.1 Å². The third-order valence-corrected chi connectivity index (χ3v) is 7.21. The Labute approximate surface area is 240 Å². The van der Waals surface area contributed by atoms with E-state index in [0.717, 1.165) is 6.07 Å². The van der Waals surface area contributed by atoms with Crippen LogP contribution in [-0.2, 0) is 11.3 Å². The third-order valence-electron chi connectivity index (χ3n) is 6.89. The maximum Gasteiger partial charge on any atom is 0.337 e. The lowest BCUT2D eigenvalue weighted by atomic mass is 9.97. The molecule has 0 aliphatic carbocycles. The molecule has 3 aromatic rings. The number of nitrogens with two attached hydrogens (primary N) is 1. The number of halogens is 2. The van der Waals surface area contributed by atoms with Crippen LogP contribution in [0.3, 0.4) is 0 Å². The van der Waals surface area contributed by atoms with Crippen LogP contribution in [0.5, 0.6) is 5.75 Å². The van der Waals surface area contributed by atoms with Crippen molar-refractivity contribution in [3.05, 3.63) is 82.0 Å². The molecule has 0 unspecified atom stereocenters. The highest BCUT2D eigenvalue weighted by atomic mass is 35.5. The fraction of sp³-hybridized carbons (Fsp3) is 0.241. The molecular weight excluding hydrogens is 553 g/mol. The van der Waals surface area contributed by atoms with Gasteiger partial charge in [0.05, 0.1) is 47.3 Å². The number of carbonyl (C=O) groups is 2. The molecule has 3 N–H and O–H groups in total. The van der Waals surface area contributed by atoms with Gasteiger partial charge in [-0.25, -0.2) is 9.18 Å². The van der Waals surface area contributed by atoms with Crippen molar-refractivity contribution < 1.29 is 28.6 Å². The highest BCUT2D eigenvalue weighted by Crippen LogP contribution is 2.40. The lowest BCUT2D eigenvalue weighted by Crippen LogP contribution is -2.37. The van der Waals surface area contributed by atoms with Gasteiger partial charge in [-0.05, 0) is 18.2 Å². The minimum absolute atomic E-state index is 0.109. The van der Waals surface area contributed by atoms with Gasteiger partial charge in [-0.15, -0.1) is 0 Å². The van der Waals surface area contributed by atoms with Crippen LogP contribution >= 0.6 is 11.6 Å². The van der Waals surface area contributed by atoms with Crippen molar-refractivity contribution in [1.82, 2.24) is 9.88 Å². The van der Waals surface area contributed by atoms with Crippen LogP contribution in [0, 0.1) is 5.82 Å². The number of ether oxygens (including phenoxy) is 2. The molecule has 3 heterocycles. The summed E-state index contributed by atoms with van der Waals surface area (Å²) < 4.78 is 26.8. The predicted molar refractivity (Wildman–Crippen MR) is 153 cm³/mol. The first-order valence-corrected chi connectivity index (χ1v) is 13.1. The van der Waals surface area contributed by atoms with Crippen LogP contribution in [0.2, 0.25) is 5.02 Å². The van der Waals surface area contributed by atoms with Gasteiger partial charge in [-0.2, -0.15) is 0 Å². The molecule has 2 aliphatic rings. The van der Waals surface area contributed by atoms with E-state index in [1.165, 1.54) is 23.5 Å². The lowest BCUT2D eigenvalue weighted by molar-refractivity contribution is 0.0515. The van der Waals surface area contributed by atoms with Gasteiger partial charge >= 0.3 is 5.97 Å². The Kier molecular flexibility index (Phi) is 8.18. The molecule has 0 atom stereocenters. The zero-order valence-corrected chi connectivity index (χ0v) is 22.9. The Morgan fingerprint density at radius 2 is 1.95 bits per heavy atom. The number of rotatable bonds is 6. The van der Waals surface area contributed by atoms with Gasteiger partial charge in [0.15, 0.2) is 6.73 Å². The summed E-state index contributed by atoms with van der Waals surface area (Å²) in [6.45, 7) is 1.93. The topological polar surface area (TPSA) is 131 Å². The van der Waals surface area contributed by atoms with E-state index in [4.69, 9.17) is 26.8 Å². The minimum atomic E-state index is -1.22. The van der Waals surface area contributed by atoms with Crippen molar-refractivity contribution >= 4 is 41.0 Å². The first-order valence-electron chi connectivity index (χ1n) is 12.8. The molecule has 1 aromatic heterocycles. The number of benzene rings is 2. The number of morpholine rings is 1. The molecule has 12 heteroatoms. The van der Waals surface area contributed by atoms with E-state index in [1.807, 2.05) is 4.90 Å². The number of carbonyl (C=O) groups excluding carboxylic acids is 1. The van der Waals surface area contributed by atoms with Crippen LogP contribution in [0.15, 0.2) is 53.8 Å². The number of aromatic nitrogens is 1. The summed E-state index contributed by atoms with van der Waals surface area (Å²) >= 11 is 6.45. The van der Waals surface area contributed by atoms with Crippen molar-refractivity contribution in [2.45, 2.75) is 6.54 Å². The van der Waals surface area contributed by atoms with Crippen LogP contribution in [0.4, 0.5) is 10.1 Å². The number of allylic oxidation sites excluding steroid dienone is 1. The smallest absolute Gasteiger partial charge is 0.337 e. The highest BCUT2D eigenvalue weighted by molar-refractivity contribution is 6.34. The normalized spacial score (nSPS) is 15.5. The molecule has 41 heavy (non-hydrogen) atoms. The zero-order chi connectivity index (χ0) is 29.1. The Morgan fingerprint density at radius 1 is 1.17 bits per heavy atom. The molecule has 2 aromatic carbocycles. The molecule has 1 saturated heterocycles. The molecule has 2 aliphatic heterocycles. The van der Waals surface area contributed by atoms with Crippen molar-refractivity contribution in [3.8, 4) is 16.9 Å². The second-order valence-corrected chi connectivity index (χ2v) is 9.79. The number of aliphatic imine (C=N–C) groups is 1. The Hall–Kier alpha value is -4.48. The van der Waals surface area contributed by atoms with Gasteiger partial charge in [0.25, 0.3) is 5.91 Å². The molecule has 10 nitrogen and oxygen atoms in total. The third kappa shape index (κ3) is 5.59. The number of hydrogen-bond donors (Lipinski definition) is 2. The van der Waals surface area contributed by atoms with Gasteiger partial charge in [-0.1, -0.05) is 29.8 Å². The fourth-order valence-corrected chi connectivity index (χ4v) is 5.10. The van der Waals surface area contributed by atoms with Gasteiger partial charge in [0, 0.05) is 61.0 Å². The van der Waals surface area contributed by atoms with E-state index in [-0.39, 0.29) is 40.9 Å². The van der Waals surface area contributed by atoms with Crippen molar-refractivity contribution in [3.63, 3.8) is 0 Å². The summed E-state index contributed by atoms with van der Waals surface area (Å²) in [6.07, 6.45) is 4.27. The highest BCUT2D eigenvalue weighted by Gasteiger charge is 2.29. The second-order valence-electron chi connectivity index (χ2n) is 9.38. The largest absolute Gasteiger partial charge is 0.478 e. The number of pyridine rings is 1. The molecule has 5 rings (SSSR count). The summed E-state index contributed by atoms with van der Waals surface area (Å²) in [5.41, 5.74) is 8.46. The van der Waals surface area contributed by atoms with Crippen molar-refractivity contribution in [1.29, 1.82) is 0 Å². The van der Waals surface area contributed by atoms with Crippen molar-refractivity contribution in [2.24, 2.45) is 10.7 Å². The van der Waals surface area contributed by atoms with E-state index in [9.17, 15) is 14.7 Å². The number of nitrogens with zero attached hydrogens (tertiary/aromatic N) is 4. The lowest BCUT2D eigenvalue weighted by Gasteiger charge is -2.32. The van der Waals surface area contributed by atoms with E-state index in [1.54, 1.807) is 37.4 Å². The van der Waals surface area contributed by atoms with Crippen LogP contribution < -0.4 is 15.4 Å². The SMILES string of the molecule is CN=CC(=CN)c1cc(Cl)c(C(=O)N2COc3c(cccc3-c3cc(N4CCOCC4)c(C(=O)O)cc3F)C2)cn1. The van der Waals surface area contributed by atoms with E-state index >= 15 is 4.39 Å². The first kappa shape index (κ1) is 28.1. The van der Waals surface area contributed by atoms with Crippen molar-refractivity contribution in [2.75, 3.05) is 45.0 Å². The maximum absolute atomic E-state index is 15.4. The molecule has 0 bridgehead atoms. The van der Waals surface area contributed by atoms with E-state index in [2.05, 4.69) is 9.98 Å². The Balaban J connectivity index is 1.45. The summed E-state index contributed by atoms with van der Waals surface area (Å²) in [5, 5.41) is 9.93. The van der Waals surface area contributed by atoms with Gasteiger partial charge in [0.2, 0.25) is 0 Å². The quantitative estimate of drug-likeness (QED) is 0.418. The van der Waals surface area contributed by atoms with E-state index in [0.29, 0.717) is 60.1 Å². The first-order chi connectivity index (χ1) is 19.8. The summed E-state index contributed by atoms with van der Waals surface area (Å²) in [5.74, 6) is -1.87. The average Bonchev–Trinajstić information content (AvgIpc) is 2.99. The average molecular weight is 580 g/mol. The number of para-hydroxylation sites is 1. The summed E-state index contributed by atoms with van der Waals surface area (Å²) in [7, 11) is 1.60. The maximum atomic E-state index is 15.4. The molecule has 212 valence electrons. The number of anilines is 1. The predicted octanol–water partition coefficient (Wildman–Crippen LogP) is 4.07. The molecular formula is C29H27ClFN5O5. The number of hydrogen-bond acceptors (Lipinski definition) is 8. The standard InChI is InChI=1S/C29H27ClFN5O5/c1-33-13-18(12-32)25-11-23(30)22(14-34-25)28(37)36-15-17-3-2-4-19(27(17)41-16-36)20-10-26(35-5-7-40-8-6-35)21(29(38)39)9-24(20)31/h2-4,9-14H,5-8,15-16,32H2,1H3,(H,38,39). The summed E-state index contributed by atoms with van der Waals surface area (Å²) in [6, 6.07) is 9.36. The van der Waals surface area contributed by atoms with Gasteiger partial charge in [0.1, 0.15) is 11.6 Å². The van der Waals surface area contributed by atoms with Crippen LogP contribution in [0.25, 0.3) is 16.7 Å². The molecule has 0 saturated carbocycles. The number of aromatic carboxylic acids is 1. The number of carboxylic acid groups (broad SMARTS) is 1. The van der Waals surface area contributed by atoms with Crippen LogP contribution in [0.1, 0.15) is 32.0 Å². The van der Waals surface area contributed by atoms with Crippen LogP contribution in [-0.4, -0.2) is 73.2 Å². The summed E-state index contributed by atoms with van der Waals surface area (Å²) in [4.78, 5) is 36.9. The monoisotopic (exact) mass is 579 g/mol. The fourth-order valence-electron chi connectivity index (χ4n) is 4.87. The molecule has 1 fully saturated rings. The molecule has 0 radical (unpaired) electrons.